The first-order valence-corrected chi connectivity index (χ1v) is 11.7. The van der Waals surface area contributed by atoms with Crippen LogP contribution < -0.4 is 4.74 Å². The van der Waals surface area contributed by atoms with Crippen molar-refractivity contribution in [1.82, 2.24) is 4.31 Å². The molecule has 3 aromatic rings. The van der Waals surface area contributed by atoms with Crippen LogP contribution in [0.4, 0.5) is 4.39 Å². The molecule has 4 nitrogen and oxygen atoms in total. The molecule has 1 heterocycles. The van der Waals surface area contributed by atoms with Crippen LogP contribution in [-0.4, -0.2) is 25.0 Å². The molecule has 0 spiro atoms. The second kappa shape index (κ2) is 8.57. The maximum atomic E-state index is 13.2. The molecule has 1 saturated heterocycles. The van der Waals surface area contributed by atoms with Gasteiger partial charge in [-0.1, -0.05) is 42.5 Å². The van der Waals surface area contributed by atoms with Crippen LogP contribution in [0.2, 0.25) is 0 Å². The summed E-state index contributed by atoms with van der Waals surface area (Å²) in [7, 11) is -3.72. The zero-order chi connectivity index (χ0) is 20.3. The van der Waals surface area contributed by atoms with Gasteiger partial charge >= 0.3 is 0 Å². The van der Waals surface area contributed by atoms with Crippen LogP contribution in [0.5, 0.6) is 5.75 Å². The Morgan fingerprint density at radius 2 is 1.76 bits per heavy atom. The van der Waals surface area contributed by atoms with Crippen molar-refractivity contribution in [2.24, 2.45) is 0 Å². The molecule has 0 bridgehead atoms. The van der Waals surface area contributed by atoms with Gasteiger partial charge in [0, 0.05) is 12.3 Å². The average molecular weight is 430 g/mol. The van der Waals surface area contributed by atoms with Crippen molar-refractivity contribution in [3.8, 4) is 5.75 Å². The van der Waals surface area contributed by atoms with Crippen molar-refractivity contribution in [3.63, 3.8) is 0 Å². The molecule has 0 saturated carbocycles. The SMILES string of the molecule is O=S(=O)(c1ccc(F)cc1)N1CCS[C@H]1c1cccc(OCc2ccccc2)c1. The maximum absolute atomic E-state index is 13.2. The highest BCUT2D eigenvalue weighted by atomic mass is 32.2. The molecule has 4 rings (SSSR count). The van der Waals surface area contributed by atoms with E-state index in [9.17, 15) is 12.8 Å². The predicted octanol–water partition coefficient (Wildman–Crippen LogP) is 4.84. The van der Waals surface area contributed by atoms with Crippen molar-refractivity contribution < 1.29 is 17.5 Å². The van der Waals surface area contributed by atoms with E-state index in [1.165, 1.54) is 28.6 Å². The van der Waals surface area contributed by atoms with Gasteiger partial charge in [0.2, 0.25) is 10.0 Å². The van der Waals surface area contributed by atoms with Gasteiger partial charge < -0.3 is 4.74 Å². The molecule has 1 aliphatic rings. The van der Waals surface area contributed by atoms with E-state index in [4.69, 9.17) is 4.74 Å². The van der Waals surface area contributed by atoms with E-state index >= 15 is 0 Å². The lowest BCUT2D eigenvalue weighted by Gasteiger charge is -2.24. The van der Waals surface area contributed by atoms with Crippen molar-refractivity contribution in [2.45, 2.75) is 16.9 Å². The van der Waals surface area contributed by atoms with Crippen LogP contribution in [0.1, 0.15) is 16.5 Å². The van der Waals surface area contributed by atoms with E-state index in [1.54, 1.807) is 11.8 Å². The molecule has 0 amide bonds. The van der Waals surface area contributed by atoms with Gasteiger partial charge in [-0.2, -0.15) is 4.31 Å². The Labute approximate surface area is 174 Å². The van der Waals surface area contributed by atoms with Crippen molar-refractivity contribution in [1.29, 1.82) is 0 Å². The largest absolute Gasteiger partial charge is 0.489 e. The van der Waals surface area contributed by atoms with Crippen LogP contribution in [0.3, 0.4) is 0 Å². The lowest BCUT2D eigenvalue weighted by molar-refractivity contribution is 0.305. The van der Waals surface area contributed by atoms with Gasteiger partial charge in [-0.25, -0.2) is 12.8 Å². The zero-order valence-corrected chi connectivity index (χ0v) is 17.2. The third-order valence-electron chi connectivity index (χ3n) is 4.66. The quantitative estimate of drug-likeness (QED) is 0.563. The van der Waals surface area contributed by atoms with Gasteiger partial charge in [-0.15, -0.1) is 11.8 Å². The fourth-order valence-electron chi connectivity index (χ4n) is 3.20. The number of rotatable bonds is 6. The van der Waals surface area contributed by atoms with Gasteiger partial charge in [0.1, 0.15) is 18.2 Å². The first-order valence-electron chi connectivity index (χ1n) is 9.20. The maximum Gasteiger partial charge on any atom is 0.244 e. The molecule has 3 aromatic carbocycles. The standard InChI is InChI=1S/C22H20FNO3S2/c23-19-9-11-21(12-10-19)29(25,26)24-13-14-28-22(24)18-7-4-8-20(15-18)27-16-17-5-2-1-3-6-17/h1-12,15,22H,13-14,16H2/t22-/m0/s1. The molecular weight excluding hydrogens is 409 g/mol. The highest BCUT2D eigenvalue weighted by Crippen LogP contribution is 2.42. The highest BCUT2D eigenvalue weighted by Gasteiger charge is 2.37. The van der Waals surface area contributed by atoms with E-state index in [-0.39, 0.29) is 10.3 Å². The molecule has 7 heteroatoms. The summed E-state index contributed by atoms with van der Waals surface area (Å²) in [6.45, 7) is 0.851. The summed E-state index contributed by atoms with van der Waals surface area (Å²) >= 11 is 1.57. The molecule has 150 valence electrons. The molecule has 0 unspecified atom stereocenters. The Kier molecular flexibility index (Phi) is 5.89. The van der Waals surface area contributed by atoms with Crippen molar-refractivity contribution in [2.75, 3.05) is 12.3 Å². The van der Waals surface area contributed by atoms with Gasteiger partial charge in [-0.3, -0.25) is 0 Å². The van der Waals surface area contributed by atoms with Crippen LogP contribution in [0.15, 0.2) is 83.8 Å². The summed E-state index contributed by atoms with van der Waals surface area (Å²) in [6.07, 6.45) is 0. The summed E-state index contributed by atoms with van der Waals surface area (Å²) < 4.78 is 46.7. The van der Waals surface area contributed by atoms with E-state index in [2.05, 4.69) is 0 Å². The molecule has 0 aliphatic carbocycles. The fourth-order valence-corrected chi connectivity index (χ4v) is 6.43. The van der Waals surface area contributed by atoms with Crippen LogP contribution >= 0.6 is 11.8 Å². The number of sulfonamides is 1. The Morgan fingerprint density at radius 1 is 1.00 bits per heavy atom. The topological polar surface area (TPSA) is 46.6 Å². The summed E-state index contributed by atoms with van der Waals surface area (Å²) in [4.78, 5) is 0.0999. The predicted molar refractivity (Wildman–Crippen MR) is 113 cm³/mol. The minimum Gasteiger partial charge on any atom is -0.489 e. The van der Waals surface area contributed by atoms with E-state index < -0.39 is 15.8 Å². The van der Waals surface area contributed by atoms with Crippen LogP contribution in [0, 0.1) is 5.82 Å². The minimum absolute atomic E-state index is 0.0999. The number of ether oxygens (including phenoxy) is 1. The number of benzene rings is 3. The Hall–Kier alpha value is -2.35. The molecule has 0 aromatic heterocycles. The highest BCUT2D eigenvalue weighted by molar-refractivity contribution is 8.01. The van der Waals surface area contributed by atoms with E-state index in [1.807, 2.05) is 54.6 Å². The molecule has 0 N–H and O–H groups in total. The van der Waals surface area contributed by atoms with Crippen molar-refractivity contribution in [3.05, 3.63) is 95.8 Å². The van der Waals surface area contributed by atoms with E-state index in [0.717, 1.165) is 11.1 Å². The molecule has 1 atom stereocenters. The number of nitrogens with zero attached hydrogens (tertiary/aromatic N) is 1. The summed E-state index contributed by atoms with van der Waals surface area (Å²) in [6, 6.07) is 22.4. The van der Waals surface area contributed by atoms with Gasteiger partial charge in [0.15, 0.2) is 0 Å². The number of halogens is 1. The van der Waals surface area contributed by atoms with E-state index in [0.29, 0.717) is 24.7 Å². The minimum atomic E-state index is -3.72. The smallest absolute Gasteiger partial charge is 0.244 e. The first kappa shape index (κ1) is 19.9. The van der Waals surface area contributed by atoms with Gasteiger partial charge in [0.25, 0.3) is 0 Å². The Balaban J connectivity index is 1.55. The molecule has 1 fully saturated rings. The summed E-state index contributed by atoms with van der Waals surface area (Å²) in [5, 5.41) is -0.342. The average Bonchev–Trinajstić information content (AvgIpc) is 3.25. The normalized spacial score (nSPS) is 17.3. The summed E-state index contributed by atoms with van der Waals surface area (Å²) in [5.41, 5.74) is 1.93. The monoisotopic (exact) mass is 429 g/mol. The molecule has 0 radical (unpaired) electrons. The first-order chi connectivity index (χ1) is 14.0. The second-order valence-electron chi connectivity index (χ2n) is 6.64. The van der Waals surface area contributed by atoms with Gasteiger partial charge in [-0.05, 0) is 47.5 Å². The van der Waals surface area contributed by atoms with Crippen LogP contribution in [-0.2, 0) is 16.6 Å². The van der Waals surface area contributed by atoms with Gasteiger partial charge in [0.05, 0.1) is 10.3 Å². The number of thioether (sulfide) groups is 1. The molecule has 29 heavy (non-hydrogen) atoms. The molecular formula is C22H20FNO3S2. The second-order valence-corrected chi connectivity index (χ2v) is 9.72. The third kappa shape index (κ3) is 4.47. The number of hydrogen-bond acceptors (Lipinski definition) is 4. The van der Waals surface area contributed by atoms with Crippen molar-refractivity contribution >= 4 is 21.8 Å². The summed E-state index contributed by atoms with van der Waals surface area (Å²) in [5.74, 6) is 0.928. The lowest BCUT2D eigenvalue weighted by Crippen LogP contribution is -2.30. The fraction of sp³-hybridized carbons (Fsp3) is 0.182. The van der Waals surface area contributed by atoms with Crippen LogP contribution in [0.25, 0.3) is 0 Å². The molecule has 1 aliphatic heterocycles. The Morgan fingerprint density at radius 3 is 2.52 bits per heavy atom. The lowest BCUT2D eigenvalue weighted by atomic mass is 10.2. The Bertz CT molecular complexity index is 1070. The zero-order valence-electron chi connectivity index (χ0n) is 15.6. The number of hydrogen-bond donors (Lipinski definition) is 0. The third-order valence-corrected chi connectivity index (χ3v) is 7.93.